The fourth-order valence-corrected chi connectivity index (χ4v) is 1.42. The summed E-state index contributed by atoms with van der Waals surface area (Å²) < 4.78 is 0. The average Bonchev–Trinajstić information content (AvgIpc) is 2.27. The van der Waals surface area contributed by atoms with Crippen LogP contribution < -0.4 is 16.4 Å². The van der Waals surface area contributed by atoms with Crippen molar-refractivity contribution in [3.8, 4) is 0 Å². The van der Waals surface area contributed by atoms with Gasteiger partial charge in [-0.05, 0) is 19.1 Å². The van der Waals surface area contributed by atoms with E-state index in [0.29, 0.717) is 11.3 Å². The van der Waals surface area contributed by atoms with Crippen LogP contribution in [0.1, 0.15) is 23.7 Å². The van der Waals surface area contributed by atoms with E-state index in [4.69, 9.17) is 5.73 Å². The van der Waals surface area contributed by atoms with E-state index in [1.54, 1.807) is 38.2 Å². The molecule has 4 N–H and O–H groups in total. The average molecular weight is 235 g/mol. The van der Waals surface area contributed by atoms with E-state index in [2.05, 4.69) is 10.6 Å². The van der Waals surface area contributed by atoms with Crippen LogP contribution >= 0.6 is 0 Å². The molecule has 0 heterocycles. The van der Waals surface area contributed by atoms with Gasteiger partial charge in [-0.15, -0.1) is 0 Å². The van der Waals surface area contributed by atoms with Gasteiger partial charge in [-0.25, -0.2) is 0 Å². The highest BCUT2D eigenvalue weighted by Gasteiger charge is 2.12. The zero-order valence-electron chi connectivity index (χ0n) is 9.99. The van der Waals surface area contributed by atoms with Crippen LogP contribution in [0.4, 0.5) is 5.69 Å². The molecule has 0 aliphatic heterocycles. The molecule has 1 aromatic carbocycles. The van der Waals surface area contributed by atoms with E-state index in [-0.39, 0.29) is 24.3 Å². The van der Waals surface area contributed by atoms with Gasteiger partial charge < -0.3 is 16.4 Å². The van der Waals surface area contributed by atoms with Crippen molar-refractivity contribution < 1.29 is 9.59 Å². The summed E-state index contributed by atoms with van der Waals surface area (Å²) in [7, 11) is 1.54. The molecule has 0 aliphatic rings. The first-order valence-corrected chi connectivity index (χ1v) is 5.41. The molecular weight excluding hydrogens is 218 g/mol. The van der Waals surface area contributed by atoms with Crippen LogP contribution in [0.3, 0.4) is 0 Å². The topological polar surface area (TPSA) is 84.2 Å². The number of hydrogen-bond acceptors (Lipinski definition) is 3. The second-order valence-electron chi connectivity index (χ2n) is 3.85. The minimum absolute atomic E-state index is 0.198. The molecule has 0 aromatic heterocycles. The van der Waals surface area contributed by atoms with Gasteiger partial charge in [0.1, 0.15) is 0 Å². The Morgan fingerprint density at radius 1 is 1.35 bits per heavy atom. The minimum atomic E-state index is -0.235. The predicted octanol–water partition coefficient (Wildman–Crippen LogP) is 0.722. The van der Waals surface area contributed by atoms with E-state index in [9.17, 15) is 9.59 Å². The Labute approximate surface area is 100 Å². The van der Waals surface area contributed by atoms with E-state index >= 15 is 0 Å². The summed E-state index contributed by atoms with van der Waals surface area (Å²) >= 11 is 0. The molecule has 0 spiro atoms. The molecule has 0 radical (unpaired) electrons. The molecule has 0 aliphatic carbocycles. The van der Waals surface area contributed by atoms with Crippen LogP contribution in [0.15, 0.2) is 24.3 Å². The smallest absolute Gasteiger partial charge is 0.253 e. The summed E-state index contributed by atoms with van der Waals surface area (Å²) in [5.74, 6) is -0.432. The highest BCUT2D eigenvalue weighted by molar-refractivity contribution is 6.03. The number of rotatable bonds is 4. The molecule has 1 unspecified atom stereocenters. The standard InChI is InChI=1S/C12H17N3O2/c1-8(13)7-11(16)15-10-6-4-3-5-9(10)12(17)14-2/h3-6,8H,7,13H2,1-2H3,(H,14,17)(H,15,16). The Morgan fingerprint density at radius 2 is 2.00 bits per heavy atom. The number of anilines is 1. The molecular formula is C12H17N3O2. The molecule has 2 amide bonds. The second-order valence-corrected chi connectivity index (χ2v) is 3.85. The molecule has 92 valence electrons. The van der Waals surface area contributed by atoms with Gasteiger partial charge in [-0.1, -0.05) is 12.1 Å². The maximum absolute atomic E-state index is 11.6. The lowest BCUT2D eigenvalue weighted by Gasteiger charge is -2.10. The van der Waals surface area contributed by atoms with Gasteiger partial charge in [0.25, 0.3) is 5.91 Å². The summed E-state index contributed by atoms with van der Waals surface area (Å²) in [4.78, 5) is 23.1. The first-order valence-electron chi connectivity index (χ1n) is 5.41. The highest BCUT2D eigenvalue weighted by atomic mass is 16.2. The van der Waals surface area contributed by atoms with Gasteiger partial charge in [0.2, 0.25) is 5.91 Å². The number of carbonyl (C=O) groups is 2. The third kappa shape index (κ3) is 3.88. The van der Waals surface area contributed by atoms with E-state index in [0.717, 1.165) is 0 Å². The first kappa shape index (κ1) is 13.2. The summed E-state index contributed by atoms with van der Waals surface area (Å²) in [6.07, 6.45) is 0.224. The van der Waals surface area contributed by atoms with E-state index in [1.807, 2.05) is 0 Å². The van der Waals surface area contributed by atoms with Crippen molar-refractivity contribution in [3.63, 3.8) is 0 Å². The number of nitrogens with one attached hydrogen (secondary N) is 2. The van der Waals surface area contributed by atoms with Crippen molar-refractivity contribution in [1.82, 2.24) is 5.32 Å². The van der Waals surface area contributed by atoms with Gasteiger partial charge in [0.15, 0.2) is 0 Å². The Bertz CT molecular complexity index is 416. The normalized spacial score (nSPS) is 11.7. The molecule has 5 heteroatoms. The van der Waals surface area contributed by atoms with Crippen molar-refractivity contribution in [3.05, 3.63) is 29.8 Å². The van der Waals surface area contributed by atoms with Crippen molar-refractivity contribution in [2.45, 2.75) is 19.4 Å². The van der Waals surface area contributed by atoms with E-state index < -0.39 is 0 Å². The summed E-state index contributed by atoms with van der Waals surface area (Å²) in [6, 6.07) is 6.63. The predicted molar refractivity (Wildman–Crippen MR) is 66.7 cm³/mol. The van der Waals surface area contributed by atoms with Crippen LogP contribution in [-0.4, -0.2) is 24.9 Å². The summed E-state index contributed by atoms with van der Waals surface area (Å²) in [5.41, 5.74) is 6.47. The monoisotopic (exact) mass is 235 g/mol. The maximum Gasteiger partial charge on any atom is 0.253 e. The number of hydrogen-bond donors (Lipinski definition) is 3. The largest absolute Gasteiger partial charge is 0.355 e. The number of para-hydroxylation sites is 1. The lowest BCUT2D eigenvalue weighted by molar-refractivity contribution is -0.116. The van der Waals surface area contributed by atoms with Gasteiger partial charge in [0.05, 0.1) is 11.3 Å². The van der Waals surface area contributed by atoms with Crippen molar-refractivity contribution in [1.29, 1.82) is 0 Å². The molecule has 17 heavy (non-hydrogen) atoms. The Balaban J connectivity index is 2.83. The Hall–Kier alpha value is -1.88. The summed E-state index contributed by atoms with van der Waals surface area (Å²) in [6.45, 7) is 1.75. The van der Waals surface area contributed by atoms with Crippen LogP contribution in [-0.2, 0) is 4.79 Å². The molecule has 1 aromatic rings. The highest BCUT2D eigenvalue weighted by Crippen LogP contribution is 2.15. The van der Waals surface area contributed by atoms with Gasteiger partial charge >= 0.3 is 0 Å². The third-order valence-electron chi connectivity index (χ3n) is 2.18. The van der Waals surface area contributed by atoms with Crippen LogP contribution in [0.2, 0.25) is 0 Å². The third-order valence-corrected chi connectivity index (χ3v) is 2.18. The molecule has 0 saturated heterocycles. The minimum Gasteiger partial charge on any atom is -0.355 e. The van der Waals surface area contributed by atoms with Crippen LogP contribution in [0.25, 0.3) is 0 Å². The molecule has 0 fully saturated rings. The number of nitrogens with two attached hydrogens (primary N) is 1. The SMILES string of the molecule is CNC(=O)c1ccccc1NC(=O)CC(C)N. The lowest BCUT2D eigenvalue weighted by Crippen LogP contribution is -2.26. The fraction of sp³-hybridized carbons (Fsp3) is 0.333. The maximum atomic E-state index is 11.6. The molecule has 1 atom stereocenters. The quantitative estimate of drug-likeness (QED) is 0.719. The van der Waals surface area contributed by atoms with Crippen molar-refractivity contribution in [2.75, 3.05) is 12.4 Å². The van der Waals surface area contributed by atoms with E-state index in [1.165, 1.54) is 0 Å². The molecule has 0 bridgehead atoms. The Morgan fingerprint density at radius 3 is 2.59 bits per heavy atom. The first-order chi connectivity index (χ1) is 8.04. The zero-order valence-corrected chi connectivity index (χ0v) is 9.99. The van der Waals surface area contributed by atoms with Crippen molar-refractivity contribution in [2.24, 2.45) is 5.73 Å². The number of benzene rings is 1. The number of amides is 2. The number of carbonyl (C=O) groups excluding carboxylic acids is 2. The zero-order chi connectivity index (χ0) is 12.8. The fourth-order valence-electron chi connectivity index (χ4n) is 1.42. The molecule has 1 rings (SSSR count). The lowest BCUT2D eigenvalue weighted by atomic mass is 10.1. The van der Waals surface area contributed by atoms with Crippen LogP contribution in [0.5, 0.6) is 0 Å². The van der Waals surface area contributed by atoms with Gasteiger partial charge in [-0.2, -0.15) is 0 Å². The van der Waals surface area contributed by atoms with Crippen molar-refractivity contribution >= 4 is 17.5 Å². The van der Waals surface area contributed by atoms with Crippen LogP contribution in [0, 0.1) is 0 Å². The Kier molecular flexibility index (Phi) is 4.66. The second kappa shape index (κ2) is 6.00. The van der Waals surface area contributed by atoms with Gasteiger partial charge in [-0.3, -0.25) is 9.59 Å². The molecule has 5 nitrogen and oxygen atoms in total. The molecule has 0 saturated carbocycles. The van der Waals surface area contributed by atoms with Gasteiger partial charge in [0, 0.05) is 19.5 Å². The summed E-state index contributed by atoms with van der Waals surface area (Å²) in [5, 5.41) is 5.20.